The first-order valence-corrected chi connectivity index (χ1v) is 7.63. The Labute approximate surface area is 122 Å². The van der Waals surface area contributed by atoms with E-state index in [1.165, 1.54) is 23.5 Å². The molecule has 2 aromatic rings. The van der Waals surface area contributed by atoms with E-state index in [4.69, 9.17) is 0 Å². The van der Waals surface area contributed by atoms with Crippen LogP contribution in [0.25, 0.3) is 10.4 Å². The molecule has 1 atom stereocenters. The van der Waals surface area contributed by atoms with E-state index in [9.17, 15) is 8.78 Å². The van der Waals surface area contributed by atoms with Crippen LogP contribution in [0, 0.1) is 18.6 Å². The fourth-order valence-corrected chi connectivity index (χ4v) is 3.08. The van der Waals surface area contributed by atoms with Crippen molar-refractivity contribution in [2.24, 2.45) is 0 Å². The van der Waals surface area contributed by atoms with Crippen LogP contribution in [0.2, 0.25) is 0 Å². The molecule has 2 rings (SSSR count). The maximum Gasteiger partial charge on any atom is 0.132 e. The van der Waals surface area contributed by atoms with Crippen molar-refractivity contribution in [2.75, 3.05) is 6.54 Å². The van der Waals surface area contributed by atoms with Crippen molar-refractivity contribution in [3.63, 3.8) is 0 Å². The number of nitrogens with one attached hydrogen (secondary N) is 1. The quantitative estimate of drug-likeness (QED) is 0.812. The van der Waals surface area contributed by atoms with Gasteiger partial charge in [-0.25, -0.2) is 8.78 Å². The normalized spacial score (nSPS) is 12.7. The number of thiophene rings is 1. The van der Waals surface area contributed by atoms with Gasteiger partial charge in [0.05, 0.1) is 0 Å². The average Bonchev–Trinajstić information content (AvgIpc) is 2.89. The molecule has 0 fully saturated rings. The molecule has 1 aromatic heterocycles. The van der Waals surface area contributed by atoms with E-state index in [0.717, 1.165) is 22.7 Å². The molecule has 0 saturated heterocycles. The molecular weight excluding hydrogens is 276 g/mol. The van der Waals surface area contributed by atoms with Crippen molar-refractivity contribution >= 4 is 11.3 Å². The molecule has 0 bridgehead atoms. The molecule has 108 valence electrons. The van der Waals surface area contributed by atoms with Crippen molar-refractivity contribution in [1.82, 2.24) is 5.32 Å². The third-order valence-electron chi connectivity index (χ3n) is 3.27. The molecule has 20 heavy (non-hydrogen) atoms. The van der Waals surface area contributed by atoms with E-state index in [-0.39, 0.29) is 17.7 Å². The smallest absolute Gasteiger partial charge is 0.132 e. The summed E-state index contributed by atoms with van der Waals surface area (Å²) in [6.07, 6.45) is 1.07. The Morgan fingerprint density at radius 1 is 1.20 bits per heavy atom. The Bertz CT molecular complexity index is 592. The van der Waals surface area contributed by atoms with Crippen LogP contribution in [-0.4, -0.2) is 6.54 Å². The molecule has 1 unspecified atom stereocenters. The maximum absolute atomic E-state index is 14.0. The summed E-state index contributed by atoms with van der Waals surface area (Å²) in [7, 11) is 0. The van der Waals surface area contributed by atoms with Crippen molar-refractivity contribution in [1.29, 1.82) is 0 Å². The molecule has 0 radical (unpaired) electrons. The van der Waals surface area contributed by atoms with Gasteiger partial charge in [0, 0.05) is 21.4 Å². The third-order valence-corrected chi connectivity index (χ3v) is 4.57. The Hall–Kier alpha value is -1.26. The molecule has 1 heterocycles. The molecule has 0 aliphatic carbocycles. The summed E-state index contributed by atoms with van der Waals surface area (Å²) in [5.41, 5.74) is 0.674. The highest BCUT2D eigenvalue weighted by molar-refractivity contribution is 7.15. The van der Waals surface area contributed by atoms with Crippen molar-refractivity contribution < 1.29 is 8.78 Å². The number of rotatable bonds is 5. The first-order valence-electron chi connectivity index (χ1n) is 6.82. The van der Waals surface area contributed by atoms with Gasteiger partial charge < -0.3 is 5.32 Å². The molecule has 0 saturated carbocycles. The molecular formula is C16H19F2NS. The summed E-state index contributed by atoms with van der Waals surface area (Å²) in [6.45, 7) is 6.71. The molecule has 4 heteroatoms. The predicted octanol–water partition coefficient (Wildman–Crippen LogP) is 5.06. The lowest BCUT2D eigenvalue weighted by Crippen LogP contribution is -2.18. The number of hydrogen-bond donors (Lipinski definition) is 1. The highest BCUT2D eigenvalue weighted by Gasteiger charge is 2.13. The minimum absolute atomic E-state index is 0.229. The molecule has 0 spiro atoms. The standard InChI is InChI=1S/C16H19F2NS/c1-4-7-19-11(3)15-5-6-16(20-15)12-9-13(17)10(2)8-14(12)18/h5-6,8-9,11,19H,4,7H2,1-3H3. The van der Waals surface area contributed by atoms with Crippen molar-refractivity contribution in [3.05, 3.63) is 46.3 Å². The largest absolute Gasteiger partial charge is 0.309 e. The van der Waals surface area contributed by atoms with Gasteiger partial charge in [0.15, 0.2) is 0 Å². The zero-order chi connectivity index (χ0) is 14.7. The summed E-state index contributed by atoms with van der Waals surface area (Å²) in [6, 6.07) is 6.60. The van der Waals surface area contributed by atoms with E-state index in [2.05, 4.69) is 19.2 Å². The summed E-state index contributed by atoms with van der Waals surface area (Å²) in [5, 5.41) is 3.39. The minimum Gasteiger partial charge on any atom is -0.309 e. The van der Waals surface area contributed by atoms with Crippen LogP contribution in [-0.2, 0) is 0 Å². The van der Waals surface area contributed by atoms with Crippen LogP contribution in [0.5, 0.6) is 0 Å². The van der Waals surface area contributed by atoms with E-state index >= 15 is 0 Å². The van der Waals surface area contributed by atoms with Gasteiger partial charge in [-0.15, -0.1) is 11.3 Å². The predicted molar refractivity (Wildman–Crippen MR) is 81.1 cm³/mol. The summed E-state index contributed by atoms with van der Waals surface area (Å²) in [4.78, 5) is 1.90. The van der Waals surface area contributed by atoms with E-state index in [1.807, 2.05) is 12.1 Å². The molecule has 1 nitrogen and oxygen atoms in total. The molecule has 0 amide bonds. The van der Waals surface area contributed by atoms with Crippen molar-refractivity contribution in [2.45, 2.75) is 33.2 Å². The molecule has 0 aliphatic rings. The van der Waals surface area contributed by atoms with Crippen molar-refractivity contribution in [3.8, 4) is 10.4 Å². The van der Waals surface area contributed by atoms with Gasteiger partial charge in [-0.1, -0.05) is 6.92 Å². The summed E-state index contributed by atoms with van der Waals surface area (Å²) >= 11 is 1.50. The highest BCUT2D eigenvalue weighted by Crippen LogP contribution is 2.33. The van der Waals surface area contributed by atoms with E-state index < -0.39 is 0 Å². The fraction of sp³-hybridized carbons (Fsp3) is 0.375. The van der Waals surface area contributed by atoms with Gasteiger partial charge in [-0.3, -0.25) is 0 Å². The average molecular weight is 295 g/mol. The topological polar surface area (TPSA) is 12.0 Å². The monoisotopic (exact) mass is 295 g/mol. The van der Waals surface area contributed by atoms with E-state index in [1.54, 1.807) is 6.92 Å². The second kappa shape index (κ2) is 6.46. The number of aryl methyl sites for hydroxylation is 1. The number of benzene rings is 1. The zero-order valence-electron chi connectivity index (χ0n) is 12.0. The lowest BCUT2D eigenvalue weighted by Gasteiger charge is -2.10. The van der Waals surface area contributed by atoms with Crippen LogP contribution in [0.3, 0.4) is 0 Å². The Morgan fingerprint density at radius 2 is 1.95 bits per heavy atom. The van der Waals surface area contributed by atoms with Crippen LogP contribution in [0.15, 0.2) is 24.3 Å². The van der Waals surface area contributed by atoms with Gasteiger partial charge in [-0.05, 0) is 56.6 Å². The van der Waals surface area contributed by atoms with E-state index in [0.29, 0.717) is 11.1 Å². The maximum atomic E-state index is 14.0. The molecule has 1 N–H and O–H groups in total. The zero-order valence-corrected chi connectivity index (χ0v) is 12.8. The molecule has 0 aliphatic heterocycles. The number of halogens is 2. The van der Waals surface area contributed by atoms with Gasteiger partial charge >= 0.3 is 0 Å². The Morgan fingerprint density at radius 3 is 2.65 bits per heavy atom. The Balaban J connectivity index is 2.27. The second-order valence-electron chi connectivity index (χ2n) is 4.96. The van der Waals surface area contributed by atoms with Gasteiger partial charge in [0.2, 0.25) is 0 Å². The van der Waals surface area contributed by atoms with Crippen LogP contribution in [0.4, 0.5) is 8.78 Å². The van der Waals surface area contributed by atoms with Gasteiger partial charge in [0.25, 0.3) is 0 Å². The lowest BCUT2D eigenvalue weighted by atomic mass is 10.1. The third kappa shape index (κ3) is 3.25. The lowest BCUT2D eigenvalue weighted by molar-refractivity contribution is 0.578. The number of hydrogen-bond acceptors (Lipinski definition) is 2. The second-order valence-corrected chi connectivity index (χ2v) is 6.07. The minimum atomic E-state index is -0.369. The van der Waals surface area contributed by atoms with Crippen LogP contribution in [0.1, 0.15) is 36.8 Å². The first kappa shape index (κ1) is 15.1. The van der Waals surface area contributed by atoms with Gasteiger partial charge in [-0.2, -0.15) is 0 Å². The SMILES string of the molecule is CCCNC(C)c1ccc(-c2cc(F)c(C)cc2F)s1. The van der Waals surface area contributed by atoms with Crippen LogP contribution >= 0.6 is 11.3 Å². The molecule has 1 aromatic carbocycles. The first-order chi connectivity index (χ1) is 9.52. The van der Waals surface area contributed by atoms with Gasteiger partial charge in [0.1, 0.15) is 11.6 Å². The highest BCUT2D eigenvalue weighted by atomic mass is 32.1. The fourth-order valence-electron chi connectivity index (χ4n) is 2.03. The summed E-state index contributed by atoms with van der Waals surface area (Å²) in [5.74, 6) is -0.736. The summed E-state index contributed by atoms with van der Waals surface area (Å²) < 4.78 is 27.6. The Kier molecular flexibility index (Phi) is 4.89. The van der Waals surface area contributed by atoms with Crippen LogP contribution < -0.4 is 5.32 Å².